The zero-order valence-corrected chi connectivity index (χ0v) is 18.1. The molecule has 3 aromatic heterocycles. The van der Waals surface area contributed by atoms with Crippen LogP contribution in [0.15, 0.2) is 16.5 Å². The van der Waals surface area contributed by atoms with Gasteiger partial charge in [-0.3, -0.25) is 4.98 Å². The molecule has 0 radical (unpaired) electrons. The Labute approximate surface area is 184 Å². The van der Waals surface area contributed by atoms with Gasteiger partial charge in [0.2, 0.25) is 5.95 Å². The fraction of sp³-hybridized carbons (Fsp3) is 0.476. The second-order valence-electron chi connectivity index (χ2n) is 7.87. The van der Waals surface area contributed by atoms with E-state index in [1.54, 1.807) is 0 Å². The third-order valence-electron chi connectivity index (χ3n) is 5.85. The molecule has 31 heavy (non-hydrogen) atoms. The molecule has 4 rings (SSSR count). The fourth-order valence-corrected chi connectivity index (χ4v) is 4.38. The quantitative estimate of drug-likeness (QED) is 0.283. The van der Waals surface area contributed by atoms with Crippen LogP contribution in [0, 0.1) is 5.92 Å². The number of nitrogens with one attached hydrogen (secondary N) is 1. The van der Waals surface area contributed by atoms with Crippen molar-refractivity contribution in [1.29, 1.82) is 0 Å². The number of aryl methyl sites for hydroxylation is 2. The molecule has 1 aliphatic carbocycles. The number of furan rings is 1. The van der Waals surface area contributed by atoms with E-state index in [4.69, 9.17) is 21.8 Å². The number of nitrogens with zero attached hydrogens (tertiary/aromatic N) is 3. The van der Waals surface area contributed by atoms with Gasteiger partial charge in [-0.1, -0.05) is 25.4 Å². The summed E-state index contributed by atoms with van der Waals surface area (Å²) in [5.41, 5.74) is 6.84. The number of hydrogen-bond acceptors (Lipinski definition) is 9. The maximum Gasteiger partial charge on any atom is 0.223 e. The summed E-state index contributed by atoms with van der Waals surface area (Å²) in [6, 6.07) is 3.79. The maximum absolute atomic E-state index is 11.0. The molecule has 0 aliphatic heterocycles. The molecule has 0 bridgehead atoms. The van der Waals surface area contributed by atoms with Gasteiger partial charge in [0.05, 0.1) is 11.3 Å². The summed E-state index contributed by atoms with van der Waals surface area (Å²) in [7, 11) is 0. The number of halogens is 1. The predicted molar refractivity (Wildman–Crippen MR) is 118 cm³/mol. The van der Waals surface area contributed by atoms with Gasteiger partial charge in [0.1, 0.15) is 22.8 Å². The third-order valence-corrected chi connectivity index (χ3v) is 6.12. The monoisotopic (exact) mass is 447 g/mol. The van der Waals surface area contributed by atoms with E-state index in [0.717, 1.165) is 23.2 Å². The SMILES string of the molecule is CCc1cc2cc(-c3c(Cl)nc(N)nc3NC3(O)CCC(CO)C3O)oc2c(CC)n1. The van der Waals surface area contributed by atoms with Crippen LogP contribution in [0.2, 0.25) is 5.15 Å². The van der Waals surface area contributed by atoms with Crippen LogP contribution in [0.25, 0.3) is 22.3 Å². The number of nitrogens with two attached hydrogens (primary N) is 1. The number of nitrogen functional groups attached to an aromatic ring is 1. The maximum atomic E-state index is 11.0. The predicted octanol–water partition coefficient (Wildman–Crippen LogP) is 2.51. The average Bonchev–Trinajstić information content (AvgIpc) is 3.27. The van der Waals surface area contributed by atoms with E-state index in [1.165, 1.54) is 0 Å². The number of rotatable bonds is 6. The number of anilines is 2. The zero-order valence-electron chi connectivity index (χ0n) is 17.4. The number of fused-ring (bicyclic) bond motifs is 1. The van der Waals surface area contributed by atoms with Crippen molar-refractivity contribution in [2.75, 3.05) is 17.7 Å². The van der Waals surface area contributed by atoms with E-state index >= 15 is 0 Å². The smallest absolute Gasteiger partial charge is 0.223 e. The van der Waals surface area contributed by atoms with Crippen LogP contribution in [0.5, 0.6) is 0 Å². The number of aliphatic hydroxyl groups excluding tert-OH is 2. The van der Waals surface area contributed by atoms with Crippen molar-refractivity contribution in [3.8, 4) is 11.3 Å². The number of pyridine rings is 1. The Morgan fingerprint density at radius 2 is 2.03 bits per heavy atom. The largest absolute Gasteiger partial charge is 0.454 e. The van der Waals surface area contributed by atoms with E-state index in [2.05, 4.69) is 20.3 Å². The Morgan fingerprint density at radius 1 is 1.26 bits per heavy atom. The van der Waals surface area contributed by atoms with Gasteiger partial charge in [0.25, 0.3) is 0 Å². The van der Waals surface area contributed by atoms with Crippen molar-refractivity contribution in [1.82, 2.24) is 15.0 Å². The Bertz CT molecular complexity index is 1120. The highest BCUT2D eigenvalue weighted by molar-refractivity contribution is 6.32. The van der Waals surface area contributed by atoms with E-state index in [1.807, 2.05) is 26.0 Å². The molecule has 9 nitrogen and oxygen atoms in total. The van der Waals surface area contributed by atoms with E-state index in [0.29, 0.717) is 29.7 Å². The highest BCUT2D eigenvalue weighted by Gasteiger charge is 2.47. The zero-order chi connectivity index (χ0) is 22.3. The lowest BCUT2D eigenvalue weighted by Crippen LogP contribution is -2.48. The van der Waals surface area contributed by atoms with Crippen molar-refractivity contribution in [3.05, 3.63) is 28.7 Å². The number of aromatic nitrogens is 3. The summed E-state index contributed by atoms with van der Waals surface area (Å²) >= 11 is 6.42. The molecule has 3 heterocycles. The minimum atomic E-state index is -1.70. The number of hydrogen-bond donors (Lipinski definition) is 5. The second-order valence-corrected chi connectivity index (χ2v) is 8.23. The summed E-state index contributed by atoms with van der Waals surface area (Å²) in [5.74, 6) is -0.0146. The van der Waals surface area contributed by atoms with Gasteiger partial charge >= 0.3 is 0 Å². The lowest BCUT2D eigenvalue weighted by atomic mass is 10.0. The molecular weight excluding hydrogens is 422 g/mol. The molecule has 1 aliphatic rings. The Kier molecular flexibility index (Phi) is 5.78. The summed E-state index contributed by atoms with van der Waals surface area (Å²) in [6.45, 7) is 3.81. The lowest BCUT2D eigenvalue weighted by Gasteiger charge is -2.30. The highest BCUT2D eigenvalue weighted by atomic mass is 35.5. The highest BCUT2D eigenvalue weighted by Crippen LogP contribution is 2.41. The molecule has 0 saturated heterocycles. The fourth-order valence-electron chi connectivity index (χ4n) is 4.11. The van der Waals surface area contributed by atoms with E-state index in [-0.39, 0.29) is 29.9 Å². The molecule has 166 valence electrons. The normalized spacial score (nSPS) is 23.5. The molecule has 3 atom stereocenters. The summed E-state index contributed by atoms with van der Waals surface area (Å²) in [6.07, 6.45) is 0.950. The van der Waals surface area contributed by atoms with Crippen molar-refractivity contribution in [2.45, 2.75) is 51.4 Å². The van der Waals surface area contributed by atoms with Gasteiger partial charge in [0.15, 0.2) is 11.3 Å². The van der Waals surface area contributed by atoms with E-state index < -0.39 is 17.7 Å². The first kappa shape index (κ1) is 21.8. The average molecular weight is 448 g/mol. The van der Waals surface area contributed by atoms with Gasteiger partial charge in [0, 0.05) is 23.6 Å². The molecule has 0 spiro atoms. The van der Waals surface area contributed by atoms with Crippen molar-refractivity contribution >= 4 is 34.3 Å². The van der Waals surface area contributed by atoms with Crippen LogP contribution < -0.4 is 11.1 Å². The Hall–Kier alpha value is -2.46. The third kappa shape index (κ3) is 3.82. The molecule has 0 aromatic carbocycles. The first-order valence-electron chi connectivity index (χ1n) is 10.3. The Balaban J connectivity index is 1.83. The molecule has 10 heteroatoms. The molecule has 1 saturated carbocycles. The van der Waals surface area contributed by atoms with Crippen LogP contribution in [0.4, 0.5) is 11.8 Å². The van der Waals surface area contributed by atoms with Gasteiger partial charge in [-0.05, 0) is 37.8 Å². The van der Waals surface area contributed by atoms with Gasteiger partial charge in [-0.15, -0.1) is 0 Å². The lowest BCUT2D eigenvalue weighted by molar-refractivity contribution is -0.0545. The van der Waals surface area contributed by atoms with Gasteiger partial charge < -0.3 is 30.8 Å². The first-order valence-corrected chi connectivity index (χ1v) is 10.7. The molecule has 3 aromatic rings. The van der Waals surface area contributed by atoms with Crippen LogP contribution in [-0.4, -0.2) is 48.7 Å². The topological polar surface area (TPSA) is 151 Å². The van der Waals surface area contributed by atoms with Crippen LogP contribution in [0.1, 0.15) is 38.1 Å². The summed E-state index contributed by atoms with van der Waals surface area (Å²) in [5, 5.41) is 34.7. The standard InChI is InChI=1S/C21H26ClN5O4/c1-3-12-7-11-8-14(31-16(11)13(4-2)24-12)15-18(22)25-20(23)26-19(15)27-21(30)6-5-10(9-28)17(21)29/h7-8,10,17,28-30H,3-6,9H2,1-2H3,(H3,23,25,26,27). The van der Waals surface area contributed by atoms with Crippen LogP contribution >= 0.6 is 11.6 Å². The molecule has 6 N–H and O–H groups in total. The van der Waals surface area contributed by atoms with E-state index in [9.17, 15) is 15.3 Å². The van der Waals surface area contributed by atoms with Crippen LogP contribution in [-0.2, 0) is 12.8 Å². The Morgan fingerprint density at radius 3 is 2.68 bits per heavy atom. The number of aliphatic hydroxyl groups is 3. The molecule has 3 unspecified atom stereocenters. The van der Waals surface area contributed by atoms with Crippen molar-refractivity contribution in [3.63, 3.8) is 0 Å². The minimum Gasteiger partial charge on any atom is -0.454 e. The molecule has 1 fully saturated rings. The summed E-state index contributed by atoms with van der Waals surface area (Å²) < 4.78 is 6.11. The minimum absolute atomic E-state index is 0.0468. The van der Waals surface area contributed by atoms with Crippen LogP contribution in [0.3, 0.4) is 0 Å². The van der Waals surface area contributed by atoms with Crippen molar-refractivity contribution < 1.29 is 19.7 Å². The summed E-state index contributed by atoms with van der Waals surface area (Å²) in [4.78, 5) is 12.9. The van der Waals surface area contributed by atoms with Crippen molar-refractivity contribution in [2.24, 2.45) is 5.92 Å². The van der Waals surface area contributed by atoms with Gasteiger partial charge in [-0.25, -0.2) is 4.98 Å². The second kappa shape index (κ2) is 8.23. The molecular formula is C21H26ClN5O4. The van der Waals surface area contributed by atoms with Gasteiger partial charge in [-0.2, -0.15) is 4.98 Å². The first-order chi connectivity index (χ1) is 14.8. The molecule has 0 amide bonds.